The predicted molar refractivity (Wildman–Crippen MR) is 62.5 cm³/mol. The summed E-state index contributed by atoms with van der Waals surface area (Å²) >= 11 is 0. The van der Waals surface area contributed by atoms with Gasteiger partial charge in [0.15, 0.2) is 23.3 Å². The van der Waals surface area contributed by atoms with Gasteiger partial charge in [-0.05, 0) is 19.4 Å². The van der Waals surface area contributed by atoms with Crippen molar-refractivity contribution in [1.29, 1.82) is 0 Å². The van der Waals surface area contributed by atoms with Crippen molar-refractivity contribution in [3.63, 3.8) is 0 Å². The van der Waals surface area contributed by atoms with Gasteiger partial charge in [-0.3, -0.25) is 9.59 Å². The minimum absolute atomic E-state index is 0.0109. The minimum Gasteiger partial charge on any atom is -0.481 e. The van der Waals surface area contributed by atoms with Gasteiger partial charge in [0.25, 0.3) is 5.91 Å². The lowest BCUT2D eigenvalue weighted by atomic mass is 10.0. The maximum absolute atomic E-state index is 13.6. The summed E-state index contributed by atoms with van der Waals surface area (Å²) in [5.74, 6) is -10.6. The highest BCUT2D eigenvalue weighted by molar-refractivity contribution is 5.95. The Hall–Kier alpha value is -2.12. The average molecular weight is 305 g/mol. The molecule has 8 heteroatoms. The Labute approximate surface area is 117 Å². The molecule has 0 spiro atoms. The number of hydrogen-bond acceptors (Lipinski definition) is 2. The van der Waals surface area contributed by atoms with Crippen LogP contribution in [-0.2, 0) is 4.79 Å². The third-order valence-corrected chi connectivity index (χ3v) is 3.67. The molecule has 0 saturated carbocycles. The SMILES string of the molecule is CC1C(C(=O)O)CCN1C(=O)c1cc(F)c(F)c(F)c1F. The summed E-state index contributed by atoms with van der Waals surface area (Å²) in [5, 5.41) is 8.95. The standard InChI is InChI=1S/C13H11F4NO3/c1-5-6(13(20)21)2-3-18(5)12(19)7-4-8(14)10(16)11(17)9(7)15/h4-6H,2-3H2,1H3,(H,20,21). The van der Waals surface area contributed by atoms with Crippen molar-refractivity contribution in [2.75, 3.05) is 6.54 Å². The number of halogens is 4. The topological polar surface area (TPSA) is 57.6 Å². The first-order valence-electron chi connectivity index (χ1n) is 6.12. The summed E-state index contributed by atoms with van der Waals surface area (Å²) in [4.78, 5) is 24.1. The zero-order valence-corrected chi connectivity index (χ0v) is 10.9. The Balaban J connectivity index is 2.36. The van der Waals surface area contributed by atoms with Gasteiger partial charge >= 0.3 is 5.97 Å². The molecule has 0 radical (unpaired) electrons. The molecule has 1 N–H and O–H groups in total. The van der Waals surface area contributed by atoms with E-state index in [-0.39, 0.29) is 19.0 Å². The van der Waals surface area contributed by atoms with E-state index in [1.165, 1.54) is 6.92 Å². The van der Waals surface area contributed by atoms with Gasteiger partial charge in [-0.2, -0.15) is 0 Å². The van der Waals surface area contributed by atoms with E-state index in [0.29, 0.717) is 0 Å². The van der Waals surface area contributed by atoms with Crippen LogP contribution < -0.4 is 0 Å². The molecule has 1 fully saturated rings. The first kappa shape index (κ1) is 15.3. The number of nitrogens with zero attached hydrogens (tertiary/aromatic N) is 1. The van der Waals surface area contributed by atoms with Crippen LogP contribution in [0.4, 0.5) is 17.6 Å². The molecular formula is C13H11F4NO3. The molecule has 114 valence electrons. The van der Waals surface area contributed by atoms with Crippen LogP contribution in [-0.4, -0.2) is 34.5 Å². The van der Waals surface area contributed by atoms with E-state index < -0.39 is 52.7 Å². The first-order chi connectivity index (χ1) is 9.75. The molecule has 1 aromatic carbocycles. The molecule has 1 aliphatic rings. The fraction of sp³-hybridized carbons (Fsp3) is 0.385. The van der Waals surface area contributed by atoms with Gasteiger partial charge < -0.3 is 10.0 Å². The Kier molecular flexibility index (Phi) is 3.89. The summed E-state index contributed by atoms with van der Waals surface area (Å²) in [6.07, 6.45) is 0.149. The molecule has 1 aromatic rings. The predicted octanol–water partition coefficient (Wildman–Crippen LogP) is 2.18. The van der Waals surface area contributed by atoms with Crippen LogP contribution in [0.15, 0.2) is 6.07 Å². The maximum atomic E-state index is 13.6. The van der Waals surface area contributed by atoms with Crippen molar-refractivity contribution in [2.24, 2.45) is 5.92 Å². The van der Waals surface area contributed by atoms with Gasteiger partial charge in [0.2, 0.25) is 0 Å². The normalized spacial score (nSPS) is 21.7. The molecule has 0 bridgehead atoms. The van der Waals surface area contributed by atoms with Crippen molar-refractivity contribution in [2.45, 2.75) is 19.4 Å². The van der Waals surface area contributed by atoms with E-state index in [1.807, 2.05) is 0 Å². The first-order valence-corrected chi connectivity index (χ1v) is 6.12. The number of carbonyl (C=O) groups is 2. The van der Waals surface area contributed by atoms with E-state index in [0.717, 1.165) is 4.90 Å². The molecule has 2 rings (SSSR count). The fourth-order valence-electron chi connectivity index (χ4n) is 2.44. The second-order valence-corrected chi connectivity index (χ2v) is 4.82. The van der Waals surface area contributed by atoms with Crippen molar-refractivity contribution < 1.29 is 32.3 Å². The van der Waals surface area contributed by atoms with Gasteiger partial charge in [-0.25, -0.2) is 17.6 Å². The van der Waals surface area contributed by atoms with Crippen LogP contribution in [0.2, 0.25) is 0 Å². The number of carboxylic acids is 1. The molecule has 1 heterocycles. The number of carboxylic acid groups (broad SMARTS) is 1. The lowest BCUT2D eigenvalue weighted by Gasteiger charge is -2.23. The monoisotopic (exact) mass is 305 g/mol. The van der Waals surface area contributed by atoms with Gasteiger partial charge in [-0.15, -0.1) is 0 Å². The van der Waals surface area contributed by atoms with Crippen LogP contribution in [0.3, 0.4) is 0 Å². The smallest absolute Gasteiger partial charge is 0.308 e. The van der Waals surface area contributed by atoms with Gasteiger partial charge in [0.05, 0.1) is 11.5 Å². The number of benzene rings is 1. The summed E-state index contributed by atoms with van der Waals surface area (Å²) in [5.41, 5.74) is -0.954. The zero-order valence-electron chi connectivity index (χ0n) is 10.9. The molecular weight excluding hydrogens is 294 g/mol. The largest absolute Gasteiger partial charge is 0.481 e. The van der Waals surface area contributed by atoms with Gasteiger partial charge in [0.1, 0.15) is 0 Å². The van der Waals surface area contributed by atoms with E-state index >= 15 is 0 Å². The summed E-state index contributed by atoms with van der Waals surface area (Å²) in [6, 6.07) is -0.484. The third-order valence-electron chi connectivity index (χ3n) is 3.67. The van der Waals surface area contributed by atoms with Crippen molar-refractivity contribution in [3.8, 4) is 0 Å². The number of likely N-dealkylation sites (tertiary alicyclic amines) is 1. The highest BCUT2D eigenvalue weighted by atomic mass is 19.2. The number of carbonyl (C=O) groups excluding carboxylic acids is 1. The molecule has 21 heavy (non-hydrogen) atoms. The fourth-order valence-corrected chi connectivity index (χ4v) is 2.44. The molecule has 1 saturated heterocycles. The number of amides is 1. The van der Waals surface area contributed by atoms with Gasteiger partial charge in [-0.1, -0.05) is 0 Å². The Bertz CT molecular complexity index is 620. The zero-order chi connectivity index (χ0) is 15.9. The number of aliphatic carboxylic acids is 1. The van der Waals surface area contributed by atoms with Crippen LogP contribution in [0.5, 0.6) is 0 Å². The summed E-state index contributed by atoms with van der Waals surface area (Å²) in [6.45, 7) is 1.45. The molecule has 2 atom stereocenters. The second-order valence-electron chi connectivity index (χ2n) is 4.82. The van der Waals surface area contributed by atoms with Crippen molar-refractivity contribution >= 4 is 11.9 Å². The van der Waals surface area contributed by atoms with E-state index in [1.54, 1.807) is 0 Å². The van der Waals surface area contributed by atoms with E-state index in [2.05, 4.69) is 0 Å². The quantitative estimate of drug-likeness (QED) is 0.517. The van der Waals surface area contributed by atoms with Gasteiger partial charge in [0, 0.05) is 12.6 Å². The average Bonchev–Trinajstić information content (AvgIpc) is 2.81. The molecule has 0 aliphatic carbocycles. The highest BCUT2D eigenvalue weighted by Crippen LogP contribution is 2.28. The van der Waals surface area contributed by atoms with Crippen molar-refractivity contribution in [1.82, 2.24) is 4.90 Å². The lowest BCUT2D eigenvalue weighted by molar-refractivity contribution is -0.142. The van der Waals surface area contributed by atoms with E-state index in [9.17, 15) is 27.2 Å². The lowest BCUT2D eigenvalue weighted by Crippen LogP contribution is -2.38. The van der Waals surface area contributed by atoms with Crippen LogP contribution in [0.25, 0.3) is 0 Å². The van der Waals surface area contributed by atoms with Crippen molar-refractivity contribution in [3.05, 3.63) is 34.9 Å². The molecule has 4 nitrogen and oxygen atoms in total. The second kappa shape index (κ2) is 5.34. The highest BCUT2D eigenvalue weighted by Gasteiger charge is 2.39. The summed E-state index contributed by atoms with van der Waals surface area (Å²) in [7, 11) is 0. The minimum atomic E-state index is -2.07. The molecule has 1 amide bonds. The number of rotatable bonds is 2. The number of hydrogen-bond donors (Lipinski definition) is 1. The van der Waals surface area contributed by atoms with Crippen LogP contribution in [0.1, 0.15) is 23.7 Å². The Morgan fingerprint density at radius 3 is 2.33 bits per heavy atom. The van der Waals surface area contributed by atoms with Crippen LogP contribution in [0, 0.1) is 29.2 Å². The van der Waals surface area contributed by atoms with E-state index in [4.69, 9.17) is 5.11 Å². The molecule has 2 unspecified atom stereocenters. The third kappa shape index (κ3) is 2.45. The maximum Gasteiger partial charge on any atom is 0.308 e. The summed E-state index contributed by atoms with van der Waals surface area (Å²) < 4.78 is 52.7. The Morgan fingerprint density at radius 2 is 1.81 bits per heavy atom. The molecule has 0 aromatic heterocycles. The Morgan fingerprint density at radius 1 is 1.19 bits per heavy atom. The molecule has 1 aliphatic heterocycles. The van der Waals surface area contributed by atoms with Crippen LogP contribution >= 0.6 is 0 Å².